The highest BCUT2D eigenvalue weighted by molar-refractivity contribution is 5.69. The summed E-state index contributed by atoms with van der Waals surface area (Å²) in [6.45, 7) is -0.541. The summed E-state index contributed by atoms with van der Waals surface area (Å²) in [5.41, 5.74) is 0. The highest BCUT2D eigenvalue weighted by atomic mass is 16.7. The topological polar surface area (TPSA) is 114 Å². The number of carbonyl (C=O) groups is 1. The first kappa shape index (κ1) is 13.0. The van der Waals surface area contributed by atoms with Gasteiger partial charge in [-0.15, -0.1) is 0 Å². The SMILES string of the molecule is O=C(Cn1ccnc1)OC1O[C@H](CO)[C@@H](O)[C@H]1O. The van der Waals surface area contributed by atoms with Crippen molar-refractivity contribution in [3.63, 3.8) is 0 Å². The highest BCUT2D eigenvalue weighted by Gasteiger charge is 2.44. The van der Waals surface area contributed by atoms with Crippen LogP contribution in [0.1, 0.15) is 0 Å². The van der Waals surface area contributed by atoms with Gasteiger partial charge in [0.15, 0.2) is 0 Å². The van der Waals surface area contributed by atoms with Crippen molar-refractivity contribution in [1.82, 2.24) is 9.55 Å². The third-order valence-electron chi connectivity index (χ3n) is 2.62. The molecule has 0 amide bonds. The molecule has 100 valence electrons. The molecule has 0 aliphatic carbocycles. The number of ether oxygens (including phenoxy) is 2. The van der Waals surface area contributed by atoms with Crippen molar-refractivity contribution in [2.24, 2.45) is 0 Å². The van der Waals surface area contributed by atoms with E-state index in [9.17, 15) is 15.0 Å². The Morgan fingerprint density at radius 1 is 1.44 bits per heavy atom. The average Bonchev–Trinajstić information content (AvgIpc) is 2.93. The van der Waals surface area contributed by atoms with E-state index in [-0.39, 0.29) is 6.54 Å². The van der Waals surface area contributed by atoms with Gasteiger partial charge in [0.05, 0.1) is 12.9 Å². The fourth-order valence-electron chi connectivity index (χ4n) is 1.66. The van der Waals surface area contributed by atoms with Gasteiger partial charge in [-0.25, -0.2) is 4.98 Å². The van der Waals surface area contributed by atoms with Gasteiger partial charge in [0.25, 0.3) is 0 Å². The number of nitrogens with zero attached hydrogens (tertiary/aromatic N) is 2. The van der Waals surface area contributed by atoms with Crippen LogP contribution in [0.4, 0.5) is 0 Å². The van der Waals surface area contributed by atoms with Gasteiger partial charge in [0.1, 0.15) is 24.9 Å². The maximum atomic E-state index is 11.5. The van der Waals surface area contributed by atoms with E-state index in [1.165, 1.54) is 17.1 Å². The van der Waals surface area contributed by atoms with Crippen molar-refractivity contribution in [3.05, 3.63) is 18.7 Å². The minimum Gasteiger partial charge on any atom is -0.431 e. The third-order valence-corrected chi connectivity index (χ3v) is 2.62. The number of rotatable bonds is 4. The second kappa shape index (κ2) is 5.44. The van der Waals surface area contributed by atoms with Gasteiger partial charge in [-0.2, -0.15) is 0 Å². The first-order valence-electron chi connectivity index (χ1n) is 5.39. The molecule has 1 unspecified atom stereocenters. The highest BCUT2D eigenvalue weighted by Crippen LogP contribution is 2.22. The molecule has 0 radical (unpaired) electrons. The minimum absolute atomic E-state index is 0.0769. The van der Waals surface area contributed by atoms with Crippen LogP contribution in [0.2, 0.25) is 0 Å². The summed E-state index contributed by atoms with van der Waals surface area (Å²) in [6.07, 6.45) is -0.328. The molecule has 1 fully saturated rings. The van der Waals surface area contributed by atoms with Gasteiger partial charge in [-0.05, 0) is 0 Å². The molecule has 1 aliphatic rings. The van der Waals surface area contributed by atoms with Crippen LogP contribution >= 0.6 is 0 Å². The Morgan fingerprint density at radius 2 is 2.22 bits per heavy atom. The number of carbonyl (C=O) groups excluding carboxylic acids is 1. The Bertz CT molecular complexity index is 395. The van der Waals surface area contributed by atoms with Gasteiger partial charge in [-0.3, -0.25) is 4.79 Å². The lowest BCUT2D eigenvalue weighted by Crippen LogP contribution is -2.35. The molecule has 0 saturated carbocycles. The Labute approximate surface area is 102 Å². The molecule has 1 aromatic heterocycles. The van der Waals surface area contributed by atoms with E-state index < -0.39 is 37.2 Å². The van der Waals surface area contributed by atoms with Crippen LogP contribution in [0.3, 0.4) is 0 Å². The number of hydrogen-bond acceptors (Lipinski definition) is 7. The van der Waals surface area contributed by atoms with Crippen molar-refractivity contribution >= 4 is 5.97 Å². The molecule has 2 rings (SSSR count). The van der Waals surface area contributed by atoms with Crippen molar-refractivity contribution in [2.45, 2.75) is 31.1 Å². The van der Waals surface area contributed by atoms with E-state index in [0.29, 0.717) is 0 Å². The number of imidazole rings is 1. The maximum absolute atomic E-state index is 11.5. The van der Waals surface area contributed by atoms with Crippen LogP contribution in [-0.4, -0.2) is 62.0 Å². The smallest absolute Gasteiger partial charge is 0.328 e. The fourth-order valence-corrected chi connectivity index (χ4v) is 1.66. The van der Waals surface area contributed by atoms with Crippen LogP contribution in [0.5, 0.6) is 0 Å². The van der Waals surface area contributed by atoms with E-state index in [4.69, 9.17) is 14.6 Å². The standard InChI is InChI=1S/C10H14N2O6/c13-4-6-8(15)9(16)10(17-6)18-7(14)3-12-2-1-11-5-12/h1-2,5-6,8-10,13,15-16H,3-4H2/t6-,8-,9-,10?/m1/s1. The molecule has 3 N–H and O–H groups in total. The van der Waals surface area contributed by atoms with Crippen LogP contribution in [-0.2, 0) is 20.8 Å². The van der Waals surface area contributed by atoms with Crippen molar-refractivity contribution in [1.29, 1.82) is 0 Å². The fraction of sp³-hybridized carbons (Fsp3) is 0.600. The number of hydrogen-bond donors (Lipinski definition) is 3. The molecule has 0 spiro atoms. The third kappa shape index (κ3) is 2.67. The van der Waals surface area contributed by atoms with Gasteiger partial charge < -0.3 is 29.4 Å². The molecule has 18 heavy (non-hydrogen) atoms. The van der Waals surface area contributed by atoms with E-state index >= 15 is 0 Å². The molecular weight excluding hydrogens is 244 g/mol. The summed E-state index contributed by atoms with van der Waals surface area (Å²) in [5, 5.41) is 27.9. The number of esters is 1. The second-order valence-corrected chi connectivity index (χ2v) is 3.93. The predicted octanol–water partition coefficient (Wildman–Crippen LogP) is -2.13. The lowest BCUT2D eigenvalue weighted by atomic mass is 10.1. The van der Waals surface area contributed by atoms with Crippen molar-refractivity contribution in [3.8, 4) is 0 Å². The zero-order chi connectivity index (χ0) is 13.1. The Morgan fingerprint density at radius 3 is 2.78 bits per heavy atom. The zero-order valence-electron chi connectivity index (χ0n) is 9.42. The number of aromatic nitrogens is 2. The Kier molecular flexibility index (Phi) is 3.92. The largest absolute Gasteiger partial charge is 0.431 e. The van der Waals surface area contributed by atoms with Gasteiger partial charge >= 0.3 is 5.97 Å². The number of aliphatic hydroxyl groups excluding tert-OH is 3. The van der Waals surface area contributed by atoms with Gasteiger partial charge in [-0.1, -0.05) is 0 Å². The van der Waals surface area contributed by atoms with Crippen molar-refractivity contribution < 1.29 is 29.6 Å². The molecule has 1 aromatic rings. The summed E-state index contributed by atoms with van der Waals surface area (Å²) >= 11 is 0. The predicted molar refractivity (Wildman–Crippen MR) is 56.1 cm³/mol. The molecule has 4 atom stereocenters. The van der Waals surface area contributed by atoms with Crippen molar-refractivity contribution in [2.75, 3.05) is 6.61 Å². The second-order valence-electron chi connectivity index (χ2n) is 3.93. The van der Waals surface area contributed by atoms with E-state index in [2.05, 4.69) is 4.98 Å². The van der Waals surface area contributed by atoms with E-state index in [1.807, 2.05) is 0 Å². The van der Waals surface area contributed by atoms with Crippen LogP contribution < -0.4 is 0 Å². The summed E-state index contributed by atoms with van der Waals surface area (Å²) in [7, 11) is 0. The minimum atomic E-state index is -1.37. The monoisotopic (exact) mass is 258 g/mol. The van der Waals surface area contributed by atoms with E-state index in [1.54, 1.807) is 6.20 Å². The zero-order valence-corrected chi connectivity index (χ0v) is 9.42. The Balaban J connectivity index is 1.88. The average molecular weight is 258 g/mol. The van der Waals surface area contributed by atoms with Gasteiger partial charge in [0, 0.05) is 12.4 Å². The van der Waals surface area contributed by atoms with Crippen LogP contribution in [0.15, 0.2) is 18.7 Å². The maximum Gasteiger partial charge on any atom is 0.328 e. The molecule has 0 aromatic carbocycles. The first-order chi connectivity index (χ1) is 8.61. The van der Waals surface area contributed by atoms with E-state index in [0.717, 1.165) is 0 Å². The first-order valence-corrected chi connectivity index (χ1v) is 5.39. The summed E-state index contributed by atoms with van der Waals surface area (Å²) in [6, 6.07) is 0. The Hall–Kier alpha value is -1.48. The molecule has 8 heteroatoms. The molecule has 2 heterocycles. The normalized spacial score (nSPS) is 31.5. The molecule has 0 bridgehead atoms. The lowest BCUT2D eigenvalue weighted by Gasteiger charge is -2.15. The quantitative estimate of drug-likeness (QED) is 0.528. The molecule has 8 nitrogen and oxygen atoms in total. The summed E-state index contributed by atoms with van der Waals surface area (Å²) in [4.78, 5) is 15.3. The summed E-state index contributed by atoms with van der Waals surface area (Å²) < 4.78 is 11.4. The van der Waals surface area contributed by atoms with Crippen LogP contribution in [0, 0.1) is 0 Å². The molecule has 1 saturated heterocycles. The summed E-state index contributed by atoms with van der Waals surface area (Å²) in [5.74, 6) is -0.636. The van der Waals surface area contributed by atoms with Crippen LogP contribution in [0.25, 0.3) is 0 Å². The molecule has 1 aliphatic heterocycles. The molecular formula is C10H14N2O6. The van der Waals surface area contributed by atoms with Gasteiger partial charge in [0.2, 0.25) is 6.29 Å². The number of aliphatic hydroxyl groups is 3. The lowest BCUT2D eigenvalue weighted by molar-refractivity contribution is -0.190.